The van der Waals surface area contributed by atoms with Crippen molar-refractivity contribution in [1.82, 2.24) is 0 Å². The molecule has 0 amide bonds. The quantitative estimate of drug-likeness (QED) is 0.166. The third-order valence-electron chi connectivity index (χ3n) is 10.5. The minimum absolute atomic E-state index is 0.883. The Labute approximate surface area is 314 Å². The van der Waals surface area contributed by atoms with Gasteiger partial charge in [0, 0.05) is 38.7 Å². The van der Waals surface area contributed by atoms with Crippen molar-refractivity contribution in [3.63, 3.8) is 0 Å². The third-order valence-corrected chi connectivity index (χ3v) is 10.5. The molecule has 0 aliphatic rings. The molecule has 0 unspecified atom stereocenters. The maximum absolute atomic E-state index is 6.95. The molecule has 0 radical (unpaired) electrons. The molecule has 0 N–H and O–H groups in total. The number of rotatable bonds is 7. The van der Waals surface area contributed by atoms with Gasteiger partial charge in [0.2, 0.25) is 0 Å². The SMILES string of the molecule is c1ccc(-c2ccc(N(c3ccc(-c4ccccc4)cc3)c3ccc(-c4ccccc4)cc3-c3cccc4c3oc3c5ccccc5ccc43)cc2)cc1. The van der Waals surface area contributed by atoms with Crippen molar-refractivity contribution in [2.45, 2.75) is 0 Å². The van der Waals surface area contributed by atoms with Crippen molar-refractivity contribution in [2.24, 2.45) is 0 Å². The summed E-state index contributed by atoms with van der Waals surface area (Å²) in [6.07, 6.45) is 0. The van der Waals surface area contributed by atoms with Crippen LogP contribution in [0.3, 0.4) is 0 Å². The van der Waals surface area contributed by atoms with E-state index < -0.39 is 0 Å². The number of anilines is 3. The molecule has 10 aromatic rings. The lowest BCUT2D eigenvalue weighted by molar-refractivity contribution is 0.674. The fourth-order valence-electron chi connectivity index (χ4n) is 7.79. The topological polar surface area (TPSA) is 16.4 Å². The van der Waals surface area contributed by atoms with Gasteiger partial charge in [-0.2, -0.15) is 0 Å². The molecule has 0 saturated carbocycles. The molecule has 0 bridgehead atoms. The van der Waals surface area contributed by atoms with E-state index >= 15 is 0 Å². The van der Waals surface area contributed by atoms with Gasteiger partial charge in [0.15, 0.2) is 0 Å². The first-order chi connectivity index (χ1) is 26.8. The van der Waals surface area contributed by atoms with Crippen LogP contribution >= 0.6 is 0 Å². The van der Waals surface area contributed by atoms with Gasteiger partial charge in [0.25, 0.3) is 0 Å². The van der Waals surface area contributed by atoms with Gasteiger partial charge in [-0.3, -0.25) is 0 Å². The molecule has 0 aliphatic carbocycles. The first-order valence-electron chi connectivity index (χ1n) is 18.4. The monoisotopic (exact) mass is 689 g/mol. The van der Waals surface area contributed by atoms with Crippen molar-refractivity contribution in [3.05, 3.63) is 212 Å². The van der Waals surface area contributed by atoms with E-state index in [1.54, 1.807) is 0 Å². The van der Waals surface area contributed by atoms with E-state index in [9.17, 15) is 0 Å². The van der Waals surface area contributed by atoms with Gasteiger partial charge in [0.1, 0.15) is 11.2 Å². The molecule has 0 fully saturated rings. The Morgan fingerprint density at radius 2 is 0.778 bits per heavy atom. The molecule has 1 heterocycles. The second-order valence-electron chi connectivity index (χ2n) is 13.7. The maximum Gasteiger partial charge on any atom is 0.143 e. The van der Waals surface area contributed by atoms with Crippen molar-refractivity contribution in [3.8, 4) is 44.5 Å². The summed E-state index contributed by atoms with van der Waals surface area (Å²) in [5, 5.41) is 4.52. The average Bonchev–Trinajstić information content (AvgIpc) is 3.65. The third kappa shape index (κ3) is 5.62. The van der Waals surface area contributed by atoms with Gasteiger partial charge in [-0.1, -0.05) is 170 Å². The van der Waals surface area contributed by atoms with Crippen LogP contribution in [0.25, 0.3) is 77.2 Å². The van der Waals surface area contributed by atoms with E-state index in [1.165, 1.54) is 33.2 Å². The van der Waals surface area contributed by atoms with E-state index in [-0.39, 0.29) is 0 Å². The van der Waals surface area contributed by atoms with Crippen LogP contribution in [0.2, 0.25) is 0 Å². The van der Waals surface area contributed by atoms with Crippen LogP contribution in [-0.2, 0) is 0 Å². The highest BCUT2D eigenvalue weighted by Crippen LogP contribution is 2.47. The van der Waals surface area contributed by atoms with Crippen LogP contribution in [0.1, 0.15) is 0 Å². The maximum atomic E-state index is 6.95. The Balaban J connectivity index is 1.21. The molecule has 1 aromatic heterocycles. The van der Waals surface area contributed by atoms with Crippen molar-refractivity contribution in [2.75, 3.05) is 4.90 Å². The van der Waals surface area contributed by atoms with Gasteiger partial charge in [-0.15, -0.1) is 0 Å². The van der Waals surface area contributed by atoms with Crippen molar-refractivity contribution in [1.29, 1.82) is 0 Å². The van der Waals surface area contributed by atoms with Crippen LogP contribution in [0.4, 0.5) is 17.1 Å². The number of benzene rings is 9. The molecule has 2 heteroatoms. The Morgan fingerprint density at radius 1 is 0.296 bits per heavy atom. The van der Waals surface area contributed by atoms with Crippen LogP contribution in [0.5, 0.6) is 0 Å². The summed E-state index contributed by atoms with van der Waals surface area (Å²) in [5.74, 6) is 0. The highest BCUT2D eigenvalue weighted by Gasteiger charge is 2.22. The molecular weight excluding hydrogens is 655 g/mol. The predicted octanol–water partition coefficient (Wildman–Crippen LogP) is 14.9. The van der Waals surface area contributed by atoms with E-state index in [1.807, 2.05) is 0 Å². The van der Waals surface area contributed by atoms with Gasteiger partial charge < -0.3 is 9.32 Å². The predicted molar refractivity (Wildman–Crippen MR) is 228 cm³/mol. The van der Waals surface area contributed by atoms with E-state index in [0.29, 0.717) is 0 Å². The van der Waals surface area contributed by atoms with E-state index in [0.717, 1.165) is 61.1 Å². The second kappa shape index (κ2) is 13.4. The summed E-state index contributed by atoms with van der Waals surface area (Å²) in [7, 11) is 0. The number of furan rings is 1. The van der Waals surface area contributed by atoms with Crippen molar-refractivity contribution < 1.29 is 4.42 Å². The zero-order valence-corrected chi connectivity index (χ0v) is 29.6. The van der Waals surface area contributed by atoms with Gasteiger partial charge in [-0.25, -0.2) is 0 Å². The summed E-state index contributed by atoms with van der Waals surface area (Å²) in [5.41, 5.74) is 14.2. The summed E-state index contributed by atoms with van der Waals surface area (Å²) in [6.45, 7) is 0. The minimum atomic E-state index is 0.883. The normalized spacial score (nSPS) is 11.3. The summed E-state index contributed by atoms with van der Waals surface area (Å²) >= 11 is 0. The van der Waals surface area contributed by atoms with Crippen molar-refractivity contribution >= 4 is 49.8 Å². The number of nitrogens with zero attached hydrogens (tertiary/aromatic N) is 1. The highest BCUT2D eigenvalue weighted by molar-refractivity contribution is 6.17. The van der Waals surface area contributed by atoms with E-state index in [4.69, 9.17) is 4.42 Å². The fourth-order valence-corrected chi connectivity index (χ4v) is 7.79. The van der Waals surface area contributed by atoms with Crippen LogP contribution < -0.4 is 4.90 Å². The zero-order valence-electron chi connectivity index (χ0n) is 29.6. The summed E-state index contributed by atoms with van der Waals surface area (Å²) in [6, 6.07) is 75.8. The summed E-state index contributed by atoms with van der Waals surface area (Å²) < 4.78 is 6.95. The molecule has 2 nitrogen and oxygen atoms in total. The summed E-state index contributed by atoms with van der Waals surface area (Å²) in [4.78, 5) is 2.38. The lowest BCUT2D eigenvalue weighted by Gasteiger charge is -2.29. The first kappa shape index (κ1) is 31.6. The first-order valence-corrected chi connectivity index (χ1v) is 18.4. The Bertz CT molecular complexity index is 2810. The second-order valence-corrected chi connectivity index (χ2v) is 13.7. The van der Waals surface area contributed by atoms with Gasteiger partial charge in [0.05, 0.1) is 5.69 Å². The Kier molecular flexibility index (Phi) is 7.85. The van der Waals surface area contributed by atoms with Crippen LogP contribution in [-0.4, -0.2) is 0 Å². The number of hydrogen-bond donors (Lipinski definition) is 0. The average molecular weight is 690 g/mol. The number of para-hydroxylation sites is 1. The standard InChI is InChI=1S/C52H35NO/c1-4-13-36(14-5-1)39-23-29-43(30-24-39)53(44-31-25-40(26-32-44)37-15-6-2-7-16-37)50-34-28-42(38-17-8-3-9-18-38)35-49(50)47-22-12-21-46-48-33-27-41-19-10-11-20-45(41)51(48)54-52(46)47/h1-35H. The lowest BCUT2D eigenvalue weighted by Crippen LogP contribution is -2.11. The number of fused-ring (bicyclic) bond motifs is 5. The highest BCUT2D eigenvalue weighted by atomic mass is 16.3. The lowest BCUT2D eigenvalue weighted by atomic mass is 9.94. The largest absolute Gasteiger partial charge is 0.455 e. The smallest absolute Gasteiger partial charge is 0.143 e. The molecule has 0 atom stereocenters. The molecule has 0 saturated heterocycles. The molecule has 9 aromatic carbocycles. The molecule has 0 spiro atoms. The minimum Gasteiger partial charge on any atom is -0.455 e. The zero-order chi connectivity index (χ0) is 35.8. The molecular formula is C52H35NO. The Morgan fingerprint density at radius 3 is 1.39 bits per heavy atom. The molecule has 254 valence electrons. The van der Waals surface area contributed by atoms with Gasteiger partial charge >= 0.3 is 0 Å². The molecule has 10 rings (SSSR count). The van der Waals surface area contributed by atoms with Gasteiger partial charge in [-0.05, 0) is 81.2 Å². The molecule has 54 heavy (non-hydrogen) atoms. The molecule has 0 aliphatic heterocycles. The van der Waals surface area contributed by atoms with E-state index in [2.05, 4.69) is 217 Å². The fraction of sp³-hybridized carbons (Fsp3) is 0. The Hall–Kier alpha value is -7.16. The number of hydrogen-bond acceptors (Lipinski definition) is 2. The van der Waals surface area contributed by atoms with Crippen LogP contribution in [0.15, 0.2) is 217 Å². The van der Waals surface area contributed by atoms with Crippen LogP contribution in [0, 0.1) is 0 Å².